The lowest BCUT2D eigenvalue weighted by molar-refractivity contribution is -0.0222. The third kappa shape index (κ3) is 5.74. The molecule has 0 radical (unpaired) electrons. The third-order valence-electron chi connectivity index (χ3n) is 3.57. The Morgan fingerprint density at radius 1 is 1.43 bits per heavy atom. The molecule has 1 saturated heterocycles. The lowest BCUT2D eigenvalue weighted by Crippen LogP contribution is -2.41. The first-order valence-electron chi connectivity index (χ1n) is 7.28. The van der Waals surface area contributed by atoms with Gasteiger partial charge in [-0.15, -0.1) is 0 Å². The number of likely N-dealkylation sites (N-methyl/N-ethyl adjacent to an activating group) is 1. The summed E-state index contributed by atoms with van der Waals surface area (Å²) in [5.41, 5.74) is 1.89. The van der Waals surface area contributed by atoms with Gasteiger partial charge >= 0.3 is 0 Å². The van der Waals surface area contributed by atoms with E-state index in [9.17, 15) is 8.42 Å². The molecule has 1 N–H and O–H groups in total. The van der Waals surface area contributed by atoms with Gasteiger partial charge < -0.3 is 9.64 Å². The van der Waals surface area contributed by atoms with Crippen LogP contribution in [-0.4, -0.2) is 52.7 Å². The fourth-order valence-corrected chi connectivity index (χ4v) is 3.64. The average molecular weight is 312 g/mol. The van der Waals surface area contributed by atoms with E-state index in [0.29, 0.717) is 13.0 Å². The zero-order valence-corrected chi connectivity index (χ0v) is 13.5. The molecule has 0 saturated carbocycles. The van der Waals surface area contributed by atoms with Crippen molar-refractivity contribution >= 4 is 10.0 Å². The van der Waals surface area contributed by atoms with Gasteiger partial charge in [-0.25, -0.2) is 13.1 Å². The monoisotopic (exact) mass is 312 g/mol. The second kappa shape index (κ2) is 7.35. The molecule has 1 aromatic rings. The Labute approximate surface area is 127 Å². The standard InChI is InChI=1S/C15H24N2O3S/c1-13-4-3-5-14(10-13)12-21(18,19)16-7-6-15-11-17(2)8-9-20-15/h3-5,10,15-16H,6-9,11-12H2,1-2H3. The van der Waals surface area contributed by atoms with Crippen LogP contribution in [0.2, 0.25) is 0 Å². The number of hydrogen-bond acceptors (Lipinski definition) is 4. The van der Waals surface area contributed by atoms with E-state index in [2.05, 4.69) is 16.7 Å². The van der Waals surface area contributed by atoms with Crippen LogP contribution in [0.4, 0.5) is 0 Å². The molecule has 0 aromatic heterocycles. The summed E-state index contributed by atoms with van der Waals surface area (Å²) in [4.78, 5) is 2.20. The molecule has 1 aliphatic heterocycles. The number of rotatable bonds is 6. The van der Waals surface area contributed by atoms with Crippen molar-refractivity contribution in [1.82, 2.24) is 9.62 Å². The SMILES string of the molecule is Cc1cccc(CS(=O)(=O)NCCC2CN(C)CCO2)c1. The van der Waals surface area contributed by atoms with Crippen molar-refractivity contribution in [3.05, 3.63) is 35.4 Å². The second-order valence-corrected chi connectivity index (χ2v) is 7.49. The van der Waals surface area contributed by atoms with Crippen molar-refractivity contribution < 1.29 is 13.2 Å². The van der Waals surface area contributed by atoms with Crippen LogP contribution >= 0.6 is 0 Å². The number of nitrogens with zero attached hydrogens (tertiary/aromatic N) is 1. The number of morpholine rings is 1. The van der Waals surface area contributed by atoms with E-state index in [4.69, 9.17) is 4.74 Å². The zero-order chi connectivity index (χ0) is 15.3. The van der Waals surface area contributed by atoms with Crippen molar-refractivity contribution in [2.24, 2.45) is 0 Å². The topological polar surface area (TPSA) is 58.6 Å². The lowest BCUT2D eigenvalue weighted by Gasteiger charge is -2.30. The fourth-order valence-electron chi connectivity index (χ4n) is 2.49. The molecule has 21 heavy (non-hydrogen) atoms. The summed E-state index contributed by atoms with van der Waals surface area (Å²) >= 11 is 0. The molecule has 118 valence electrons. The summed E-state index contributed by atoms with van der Waals surface area (Å²) in [6, 6.07) is 7.58. The molecule has 1 heterocycles. The highest BCUT2D eigenvalue weighted by Crippen LogP contribution is 2.09. The molecular formula is C15H24N2O3S. The van der Waals surface area contributed by atoms with Gasteiger partial charge in [-0.1, -0.05) is 29.8 Å². The van der Waals surface area contributed by atoms with E-state index in [1.165, 1.54) is 0 Å². The van der Waals surface area contributed by atoms with E-state index >= 15 is 0 Å². The highest BCUT2D eigenvalue weighted by molar-refractivity contribution is 7.88. The number of aryl methyl sites for hydroxylation is 1. The largest absolute Gasteiger partial charge is 0.376 e. The Hall–Kier alpha value is -0.950. The molecule has 0 amide bonds. The predicted octanol–water partition coefficient (Wildman–Crippen LogP) is 1.14. The van der Waals surface area contributed by atoms with Crippen molar-refractivity contribution in [3.63, 3.8) is 0 Å². The van der Waals surface area contributed by atoms with Gasteiger partial charge in [-0.05, 0) is 26.0 Å². The first-order valence-corrected chi connectivity index (χ1v) is 8.93. The maximum absolute atomic E-state index is 12.1. The lowest BCUT2D eigenvalue weighted by atomic mass is 10.2. The minimum absolute atomic E-state index is 0.0279. The molecule has 5 nitrogen and oxygen atoms in total. The van der Waals surface area contributed by atoms with Crippen LogP contribution in [0, 0.1) is 6.92 Å². The summed E-state index contributed by atoms with van der Waals surface area (Å²) in [6.45, 7) is 4.90. The Bertz CT molecular complexity index is 560. The highest BCUT2D eigenvalue weighted by Gasteiger charge is 2.18. The summed E-state index contributed by atoms with van der Waals surface area (Å²) in [5.74, 6) is 0.0279. The first kappa shape index (κ1) is 16.4. The average Bonchev–Trinajstić information content (AvgIpc) is 2.38. The van der Waals surface area contributed by atoms with Crippen LogP contribution < -0.4 is 4.72 Å². The van der Waals surface area contributed by atoms with Crippen molar-refractivity contribution in [2.45, 2.75) is 25.2 Å². The van der Waals surface area contributed by atoms with Gasteiger partial charge in [0.15, 0.2) is 0 Å². The van der Waals surface area contributed by atoms with Crippen molar-refractivity contribution in [2.75, 3.05) is 33.3 Å². The number of sulfonamides is 1. The van der Waals surface area contributed by atoms with Crippen LogP contribution in [0.15, 0.2) is 24.3 Å². The van der Waals surface area contributed by atoms with E-state index in [1.54, 1.807) is 0 Å². The Balaban J connectivity index is 1.78. The molecule has 0 bridgehead atoms. The molecule has 1 atom stereocenters. The maximum atomic E-state index is 12.1. The molecular weight excluding hydrogens is 288 g/mol. The predicted molar refractivity (Wildman–Crippen MR) is 83.7 cm³/mol. The normalized spacial score (nSPS) is 20.6. The first-order chi connectivity index (χ1) is 9.94. The molecule has 6 heteroatoms. The molecule has 2 rings (SSSR count). The minimum atomic E-state index is -3.28. The van der Waals surface area contributed by atoms with Crippen molar-refractivity contribution in [1.29, 1.82) is 0 Å². The van der Waals surface area contributed by atoms with Gasteiger partial charge in [0, 0.05) is 19.6 Å². The number of nitrogens with one attached hydrogen (secondary N) is 1. The Morgan fingerprint density at radius 3 is 2.95 bits per heavy atom. The van der Waals surface area contributed by atoms with Gasteiger partial charge in [0.25, 0.3) is 0 Å². The van der Waals surface area contributed by atoms with E-state index in [0.717, 1.165) is 30.8 Å². The van der Waals surface area contributed by atoms with Gasteiger partial charge in [0.2, 0.25) is 10.0 Å². The number of benzene rings is 1. The van der Waals surface area contributed by atoms with E-state index < -0.39 is 10.0 Å². The van der Waals surface area contributed by atoms with Crippen molar-refractivity contribution in [3.8, 4) is 0 Å². The van der Waals surface area contributed by atoms with E-state index in [1.807, 2.05) is 31.2 Å². The second-order valence-electron chi connectivity index (χ2n) is 5.69. The van der Waals surface area contributed by atoms with Crippen LogP contribution in [0.1, 0.15) is 17.5 Å². The fraction of sp³-hybridized carbons (Fsp3) is 0.600. The maximum Gasteiger partial charge on any atom is 0.215 e. The van der Waals surface area contributed by atoms with E-state index in [-0.39, 0.29) is 11.9 Å². The highest BCUT2D eigenvalue weighted by atomic mass is 32.2. The minimum Gasteiger partial charge on any atom is -0.376 e. The summed E-state index contributed by atoms with van der Waals surface area (Å²) < 4.78 is 32.4. The van der Waals surface area contributed by atoms with Gasteiger partial charge in [-0.3, -0.25) is 0 Å². The third-order valence-corrected chi connectivity index (χ3v) is 4.93. The molecule has 0 aliphatic carbocycles. The van der Waals surface area contributed by atoms with Gasteiger partial charge in [0.1, 0.15) is 0 Å². The molecule has 1 fully saturated rings. The molecule has 0 spiro atoms. The van der Waals surface area contributed by atoms with Crippen LogP contribution in [0.3, 0.4) is 0 Å². The Morgan fingerprint density at radius 2 is 2.24 bits per heavy atom. The molecule has 1 aromatic carbocycles. The smallest absolute Gasteiger partial charge is 0.215 e. The number of ether oxygens (including phenoxy) is 1. The summed E-state index contributed by atoms with van der Waals surface area (Å²) in [6.07, 6.45) is 0.822. The van der Waals surface area contributed by atoms with Crippen LogP contribution in [0.25, 0.3) is 0 Å². The molecule has 1 aliphatic rings. The van der Waals surface area contributed by atoms with Gasteiger partial charge in [0.05, 0.1) is 18.5 Å². The van der Waals surface area contributed by atoms with Crippen LogP contribution in [0.5, 0.6) is 0 Å². The van der Waals surface area contributed by atoms with Crippen LogP contribution in [-0.2, 0) is 20.5 Å². The summed E-state index contributed by atoms with van der Waals surface area (Å²) in [7, 11) is -1.23. The molecule has 1 unspecified atom stereocenters. The Kier molecular flexibility index (Phi) is 5.75. The summed E-state index contributed by atoms with van der Waals surface area (Å²) in [5, 5.41) is 0. The van der Waals surface area contributed by atoms with Gasteiger partial charge in [-0.2, -0.15) is 0 Å². The zero-order valence-electron chi connectivity index (χ0n) is 12.7. The number of hydrogen-bond donors (Lipinski definition) is 1. The quantitative estimate of drug-likeness (QED) is 0.856.